The first-order valence-electron chi connectivity index (χ1n) is 9.61. The van der Waals surface area contributed by atoms with E-state index in [-0.39, 0.29) is 17.9 Å². The van der Waals surface area contributed by atoms with E-state index in [9.17, 15) is 9.59 Å². The normalized spacial score (nSPS) is 26.3. The van der Waals surface area contributed by atoms with Crippen LogP contribution in [-0.2, 0) is 9.59 Å². The molecule has 2 amide bonds. The van der Waals surface area contributed by atoms with Crippen molar-refractivity contribution >= 4 is 23.2 Å². The van der Waals surface area contributed by atoms with Gasteiger partial charge in [0.15, 0.2) is 0 Å². The Morgan fingerprint density at radius 1 is 1.19 bits per heavy atom. The first-order valence-corrected chi connectivity index (χ1v) is 9.61. The Hall–Kier alpha value is -2.08. The van der Waals surface area contributed by atoms with E-state index in [0.29, 0.717) is 24.7 Å². The largest absolute Gasteiger partial charge is 0.386 e. The maximum Gasteiger partial charge on any atom is 0.249 e. The zero-order valence-corrected chi connectivity index (χ0v) is 15.8. The number of hydrogen-bond acceptors (Lipinski definition) is 5. The molecule has 1 aromatic rings. The molecule has 4 N–H and O–H groups in total. The molecule has 2 aliphatic rings. The molecule has 1 saturated heterocycles. The van der Waals surface area contributed by atoms with E-state index in [1.54, 1.807) is 0 Å². The molecule has 1 heterocycles. The van der Waals surface area contributed by atoms with Crippen LogP contribution >= 0.6 is 0 Å². The van der Waals surface area contributed by atoms with Crippen molar-refractivity contribution in [3.63, 3.8) is 0 Å². The van der Waals surface area contributed by atoms with Gasteiger partial charge in [-0.3, -0.25) is 14.9 Å². The molecule has 1 aromatic carbocycles. The van der Waals surface area contributed by atoms with Crippen LogP contribution in [0.1, 0.15) is 50.0 Å². The Balaban J connectivity index is 1.76. The summed E-state index contributed by atoms with van der Waals surface area (Å²) in [7, 11) is 3.83. The van der Waals surface area contributed by atoms with Crippen molar-refractivity contribution in [3.8, 4) is 0 Å². The number of benzene rings is 1. The summed E-state index contributed by atoms with van der Waals surface area (Å²) in [6, 6.07) is 6.18. The SMILES string of the molecule is CNc1cc(C2CCC(CN)CC2)ccc1N(C)C1CCC(=O)NC1=O. The molecule has 6 nitrogen and oxygen atoms in total. The van der Waals surface area contributed by atoms with Gasteiger partial charge >= 0.3 is 0 Å². The number of likely N-dealkylation sites (N-methyl/N-ethyl adjacent to an activating group) is 1. The van der Waals surface area contributed by atoms with Gasteiger partial charge < -0.3 is 16.0 Å². The summed E-state index contributed by atoms with van der Waals surface area (Å²) in [6.07, 6.45) is 5.72. The van der Waals surface area contributed by atoms with Gasteiger partial charge in [0.05, 0.1) is 11.4 Å². The number of nitrogens with two attached hydrogens (primary N) is 1. The molecule has 0 bridgehead atoms. The number of nitrogens with one attached hydrogen (secondary N) is 2. The summed E-state index contributed by atoms with van der Waals surface area (Å²) in [5, 5.41) is 5.72. The lowest BCUT2D eigenvalue weighted by Crippen LogP contribution is -2.51. The molecule has 1 aliphatic heterocycles. The van der Waals surface area contributed by atoms with E-state index in [0.717, 1.165) is 17.9 Å². The lowest BCUT2D eigenvalue weighted by molar-refractivity contribution is -0.134. The summed E-state index contributed by atoms with van der Waals surface area (Å²) < 4.78 is 0. The summed E-state index contributed by atoms with van der Waals surface area (Å²) in [6.45, 7) is 0.796. The molecular weight excluding hydrogens is 328 g/mol. The number of anilines is 2. The van der Waals surface area contributed by atoms with Gasteiger partial charge in [-0.1, -0.05) is 6.07 Å². The molecular formula is C20H30N4O2. The third-order valence-electron chi connectivity index (χ3n) is 6.00. The minimum atomic E-state index is -0.314. The predicted octanol–water partition coefficient (Wildman–Crippen LogP) is 2.20. The average molecular weight is 358 g/mol. The van der Waals surface area contributed by atoms with E-state index in [4.69, 9.17) is 5.73 Å². The second-order valence-corrected chi connectivity index (χ2v) is 7.56. The topological polar surface area (TPSA) is 87.5 Å². The number of hydrogen-bond donors (Lipinski definition) is 3. The van der Waals surface area contributed by atoms with Crippen molar-refractivity contribution in [2.24, 2.45) is 11.7 Å². The Kier molecular flexibility index (Phi) is 5.81. The van der Waals surface area contributed by atoms with Crippen molar-refractivity contribution in [2.45, 2.75) is 50.5 Å². The molecule has 3 rings (SSSR count). The zero-order chi connectivity index (χ0) is 18.7. The number of nitrogens with zero attached hydrogens (tertiary/aromatic N) is 1. The molecule has 0 spiro atoms. The van der Waals surface area contributed by atoms with Crippen LogP contribution in [0.3, 0.4) is 0 Å². The molecule has 2 fully saturated rings. The highest BCUT2D eigenvalue weighted by Crippen LogP contribution is 2.38. The van der Waals surface area contributed by atoms with Gasteiger partial charge in [-0.15, -0.1) is 0 Å². The Morgan fingerprint density at radius 2 is 1.92 bits per heavy atom. The Labute approximate surface area is 155 Å². The van der Waals surface area contributed by atoms with Gasteiger partial charge in [0.1, 0.15) is 6.04 Å². The average Bonchev–Trinajstić information content (AvgIpc) is 2.67. The van der Waals surface area contributed by atoms with Crippen molar-refractivity contribution in [3.05, 3.63) is 23.8 Å². The number of piperidine rings is 1. The van der Waals surface area contributed by atoms with Gasteiger partial charge in [0, 0.05) is 20.5 Å². The highest BCUT2D eigenvalue weighted by molar-refractivity contribution is 6.02. The van der Waals surface area contributed by atoms with Gasteiger partial charge in [-0.2, -0.15) is 0 Å². The van der Waals surface area contributed by atoms with Crippen LogP contribution in [0.4, 0.5) is 11.4 Å². The standard InChI is InChI=1S/C20H30N4O2/c1-22-16-11-15(14-5-3-13(12-21)4-6-14)7-8-17(16)24(2)18-9-10-19(25)23-20(18)26/h7-8,11,13-14,18,22H,3-6,9-10,12,21H2,1-2H3,(H,23,25,26). The molecule has 142 valence electrons. The molecule has 1 unspecified atom stereocenters. The number of imide groups is 1. The monoisotopic (exact) mass is 358 g/mol. The second-order valence-electron chi connectivity index (χ2n) is 7.56. The zero-order valence-electron chi connectivity index (χ0n) is 15.8. The van der Waals surface area contributed by atoms with E-state index >= 15 is 0 Å². The summed E-state index contributed by atoms with van der Waals surface area (Å²) in [5.74, 6) is 0.861. The lowest BCUT2D eigenvalue weighted by Gasteiger charge is -2.33. The fourth-order valence-corrected chi connectivity index (χ4v) is 4.27. The van der Waals surface area contributed by atoms with Gasteiger partial charge in [-0.05, 0) is 68.2 Å². The summed E-state index contributed by atoms with van der Waals surface area (Å²) in [5.41, 5.74) is 9.17. The third-order valence-corrected chi connectivity index (χ3v) is 6.00. The predicted molar refractivity (Wildman–Crippen MR) is 104 cm³/mol. The number of carbonyl (C=O) groups is 2. The fraction of sp³-hybridized carbons (Fsp3) is 0.600. The highest BCUT2D eigenvalue weighted by atomic mass is 16.2. The van der Waals surface area contributed by atoms with Gasteiger partial charge in [0.2, 0.25) is 11.8 Å². The van der Waals surface area contributed by atoms with Crippen LogP contribution in [0.5, 0.6) is 0 Å². The number of rotatable bonds is 5. The first kappa shape index (κ1) is 18.7. The maximum absolute atomic E-state index is 12.2. The molecule has 1 atom stereocenters. The van der Waals surface area contributed by atoms with E-state index in [1.807, 2.05) is 19.0 Å². The fourth-order valence-electron chi connectivity index (χ4n) is 4.27. The molecule has 26 heavy (non-hydrogen) atoms. The van der Waals surface area contributed by atoms with Crippen molar-refractivity contribution in [1.82, 2.24) is 5.32 Å². The van der Waals surface area contributed by atoms with Crippen LogP contribution in [-0.4, -0.2) is 38.5 Å². The van der Waals surface area contributed by atoms with E-state index in [2.05, 4.69) is 28.8 Å². The van der Waals surface area contributed by atoms with Crippen molar-refractivity contribution in [1.29, 1.82) is 0 Å². The number of carbonyl (C=O) groups excluding carboxylic acids is 2. The van der Waals surface area contributed by atoms with Crippen LogP contribution in [0.25, 0.3) is 0 Å². The van der Waals surface area contributed by atoms with Crippen molar-refractivity contribution in [2.75, 3.05) is 30.9 Å². The van der Waals surface area contributed by atoms with E-state index < -0.39 is 0 Å². The molecule has 0 radical (unpaired) electrons. The Morgan fingerprint density at radius 3 is 2.54 bits per heavy atom. The second kappa shape index (κ2) is 8.08. The maximum atomic E-state index is 12.2. The smallest absolute Gasteiger partial charge is 0.249 e. The Bertz CT molecular complexity index is 668. The van der Waals surface area contributed by atoms with Gasteiger partial charge in [-0.25, -0.2) is 0 Å². The summed E-state index contributed by atoms with van der Waals surface area (Å²) in [4.78, 5) is 25.6. The third kappa shape index (κ3) is 3.85. The van der Waals surface area contributed by atoms with Crippen LogP contribution in [0.15, 0.2) is 18.2 Å². The number of amides is 2. The van der Waals surface area contributed by atoms with Crippen LogP contribution in [0, 0.1) is 5.92 Å². The molecule has 6 heteroatoms. The highest BCUT2D eigenvalue weighted by Gasteiger charge is 2.31. The minimum Gasteiger partial charge on any atom is -0.386 e. The van der Waals surface area contributed by atoms with Crippen LogP contribution in [0.2, 0.25) is 0 Å². The molecule has 0 aromatic heterocycles. The minimum absolute atomic E-state index is 0.183. The van der Waals surface area contributed by atoms with Crippen molar-refractivity contribution < 1.29 is 9.59 Å². The first-order chi connectivity index (χ1) is 12.5. The molecule has 1 aliphatic carbocycles. The quantitative estimate of drug-likeness (QED) is 0.703. The molecule has 1 saturated carbocycles. The summed E-state index contributed by atoms with van der Waals surface area (Å²) >= 11 is 0. The lowest BCUT2D eigenvalue weighted by atomic mass is 9.78. The van der Waals surface area contributed by atoms with Crippen LogP contribution < -0.4 is 21.3 Å². The van der Waals surface area contributed by atoms with E-state index in [1.165, 1.54) is 31.2 Å². The van der Waals surface area contributed by atoms with Gasteiger partial charge in [0.25, 0.3) is 0 Å².